The van der Waals surface area contributed by atoms with E-state index in [1.54, 1.807) is 0 Å². The van der Waals surface area contributed by atoms with E-state index >= 15 is 0 Å². The van der Waals surface area contributed by atoms with Crippen LogP contribution in [0.4, 0.5) is 0 Å². The maximum absolute atomic E-state index is 9.51. The summed E-state index contributed by atoms with van der Waals surface area (Å²) in [5.74, 6) is 1.62. The third-order valence-corrected chi connectivity index (χ3v) is 4.12. The molecule has 0 atom stereocenters. The Balaban J connectivity index is 1.77. The molecular weight excluding hydrogens is 308 g/mol. The Hall–Kier alpha value is -1.20. The van der Waals surface area contributed by atoms with Crippen molar-refractivity contribution in [2.45, 2.75) is 37.7 Å². The number of aliphatic hydroxyl groups excluding tert-OH is 1. The van der Waals surface area contributed by atoms with E-state index in [0.29, 0.717) is 17.6 Å². The van der Waals surface area contributed by atoms with E-state index < -0.39 is 0 Å². The van der Waals surface area contributed by atoms with Gasteiger partial charge in [-0.3, -0.25) is 0 Å². The highest BCUT2D eigenvalue weighted by Crippen LogP contribution is 2.32. The van der Waals surface area contributed by atoms with Crippen LogP contribution in [0, 0.1) is 0 Å². The summed E-state index contributed by atoms with van der Waals surface area (Å²) >= 11 is 3.40. The van der Waals surface area contributed by atoms with E-state index in [9.17, 15) is 5.11 Å². The van der Waals surface area contributed by atoms with Gasteiger partial charge in [-0.15, -0.1) is 0 Å². The average molecular weight is 323 g/mol. The van der Waals surface area contributed by atoms with Gasteiger partial charge in [0.15, 0.2) is 0 Å². The summed E-state index contributed by atoms with van der Waals surface area (Å²) < 4.78 is 6.40. The van der Waals surface area contributed by atoms with Crippen molar-refractivity contribution >= 4 is 15.9 Å². The predicted molar refractivity (Wildman–Crippen MR) is 74.6 cm³/mol. The Morgan fingerprint density at radius 3 is 2.47 bits per heavy atom. The second kappa shape index (κ2) is 5.43. The van der Waals surface area contributed by atoms with E-state index in [1.807, 2.05) is 24.3 Å². The average Bonchev–Trinajstić information content (AvgIpc) is 2.90. The lowest BCUT2D eigenvalue weighted by Crippen LogP contribution is -2.17. The molecule has 3 rings (SSSR count). The Kier molecular flexibility index (Phi) is 3.66. The van der Waals surface area contributed by atoms with Crippen LogP contribution < -0.4 is 0 Å². The van der Waals surface area contributed by atoms with Crippen molar-refractivity contribution < 1.29 is 9.63 Å². The number of aromatic nitrogens is 2. The van der Waals surface area contributed by atoms with Crippen LogP contribution in [0.25, 0.3) is 11.4 Å². The van der Waals surface area contributed by atoms with Gasteiger partial charge in [0.25, 0.3) is 0 Å². The number of hydrogen-bond donors (Lipinski definition) is 1. The van der Waals surface area contributed by atoms with Gasteiger partial charge < -0.3 is 9.63 Å². The smallest absolute Gasteiger partial charge is 0.230 e. The molecule has 19 heavy (non-hydrogen) atoms. The Labute approximate surface area is 120 Å². The van der Waals surface area contributed by atoms with Crippen molar-refractivity contribution in [3.05, 3.63) is 34.6 Å². The van der Waals surface area contributed by atoms with Gasteiger partial charge in [-0.1, -0.05) is 21.1 Å². The van der Waals surface area contributed by atoms with Gasteiger partial charge in [0.05, 0.1) is 6.10 Å². The van der Waals surface area contributed by atoms with Crippen molar-refractivity contribution in [2.75, 3.05) is 0 Å². The summed E-state index contributed by atoms with van der Waals surface area (Å²) in [5, 5.41) is 13.6. The molecule has 1 N–H and O–H groups in total. The minimum absolute atomic E-state index is 0.162. The van der Waals surface area contributed by atoms with Crippen LogP contribution in [0.2, 0.25) is 0 Å². The molecule has 5 heteroatoms. The lowest BCUT2D eigenvalue weighted by molar-refractivity contribution is 0.116. The number of benzene rings is 1. The summed E-state index contributed by atoms with van der Waals surface area (Å²) in [5.41, 5.74) is 0.953. The van der Waals surface area contributed by atoms with Crippen molar-refractivity contribution in [1.29, 1.82) is 0 Å². The summed E-state index contributed by atoms with van der Waals surface area (Å²) in [6, 6.07) is 7.84. The van der Waals surface area contributed by atoms with E-state index in [4.69, 9.17) is 4.52 Å². The van der Waals surface area contributed by atoms with Gasteiger partial charge in [0, 0.05) is 16.0 Å². The normalized spacial score (nSPS) is 23.5. The van der Waals surface area contributed by atoms with E-state index in [1.165, 1.54) is 0 Å². The molecule has 1 heterocycles. The zero-order valence-corrected chi connectivity index (χ0v) is 12.0. The lowest BCUT2D eigenvalue weighted by atomic mass is 9.87. The quantitative estimate of drug-likeness (QED) is 0.919. The largest absolute Gasteiger partial charge is 0.393 e. The molecular formula is C14H15BrN2O2. The highest BCUT2D eigenvalue weighted by Gasteiger charge is 2.25. The molecule has 2 aromatic rings. The first kappa shape index (κ1) is 12.8. The Morgan fingerprint density at radius 1 is 1.11 bits per heavy atom. The van der Waals surface area contributed by atoms with E-state index in [2.05, 4.69) is 26.1 Å². The fourth-order valence-corrected chi connectivity index (χ4v) is 2.70. The summed E-state index contributed by atoms with van der Waals surface area (Å²) in [6.07, 6.45) is 3.32. The summed E-state index contributed by atoms with van der Waals surface area (Å²) in [6.45, 7) is 0. The number of halogens is 1. The molecule has 0 amide bonds. The minimum Gasteiger partial charge on any atom is -0.393 e. The van der Waals surface area contributed by atoms with Crippen molar-refractivity contribution in [3.63, 3.8) is 0 Å². The number of hydrogen-bond acceptors (Lipinski definition) is 4. The van der Waals surface area contributed by atoms with Gasteiger partial charge in [0.1, 0.15) is 0 Å². The zero-order chi connectivity index (χ0) is 13.2. The molecule has 0 unspecified atom stereocenters. The highest BCUT2D eigenvalue weighted by atomic mass is 79.9. The van der Waals surface area contributed by atoms with Crippen LogP contribution in [0.15, 0.2) is 33.3 Å². The maximum atomic E-state index is 9.51. The number of aliphatic hydroxyl groups is 1. The van der Waals surface area contributed by atoms with Crippen LogP contribution in [-0.4, -0.2) is 21.4 Å². The van der Waals surface area contributed by atoms with Crippen LogP contribution >= 0.6 is 15.9 Å². The van der Waals surface area contributed by atoms with Crippen LogP contribution in [0.1, 0.15) is 37.5 Å². The highest BCUT2D eigenvalue weighted by molar-refractivity contribution is 9.10. The topological polar surface area (TPSA) is 59.2 Å². The van der Waals surface area contributed by atoms with Gasteiger partial charge in [-0.05, 0) is 49.9 Å². The third kappa shape index (κ3) is 2.87. The molecule has 4 nitrogen and oxygen atoms in total. The summed E-state index contributed by atoms with van der Waals surface area (Å²) in [4.78, 5) is 4.48. The maximum Gasteiger partial charge on any atom is 0.230 e. The fourth-order valence-electron chi connectivity index (χ4n) is 2.44. The first-order chi connectivity index (χ1) is 9.22. The first-order valence-electron chi connectivity index (χ1n) is 6.50. The van der Waals surface area contributed by atoms with Gasteiger partial charge in [-0.25, -0.2) is 0 Å². The van der Waals surface area contributed by atoms with Crippen molar-refractivity contribution in [2.24, 2.45) is 0 Å². The van der Waals surface area contributed by atoms with E-state index in [-0.39, 0.29) is 6.10 Å². The lowest BCUT2D eigenvalue weighted by Gasteiger charge is -2.22. The van der Waals surface area contributed by atoms with Gasteiger partial charge >= 0.3 is 0 Å². The molecule has 0 spiro atoms. The fraction of sp³-hybridized carbons (Fsp3) is 0.429. The Morgan fingerprint density at radius 2 is 1.79 bits per heavy atom. The first-order valence-corrected chi connectivity index (χ1v) is 7.29. The summed E-state index contributed by atoms with van der Waals surface area (Å²) in [7, 11) is 0. The van der Waals surface area contributed by atoms with Crippen LogP contribution in [0.5, 0.6) is 0 Å². The van der Waals surface area contributed by atoms with Crippen LogP contribution in [-0.2, 0) is 0 Å². The standard InChI is InChI=1S/C14H15BrN2O2/c15-11-5-1-9(2-6-11)13-16-14(19-17-13)10-3-7-12(18)8-4-10/h1-2,5-6,10,12,18H,3-4,7-8H2. The second-order valence-corrected chi connectivity index (χ2v) is 5.88. The molecule has 1 aliphatic rings. The second-order valence-electron chi connectivity index (χ2n) is 4.97. The van der Waals surface area contributed by atoms with Gasteiger partial charge in [0.2, 0.25) is 11.7 Å². The predicted octanol–water partition coefficient (Wildman–Crippen LogP) is 3.52. The number of nitrogens with zero attached hydrogens (tertiary/aromatic N) is 2. The molecule has 0 aliphatic heterocycles. The minimum atomic E-state index is -0.162. The molecule has 1 saturated carbocycles. The van der Waals surface area contributed by atoms with Crippen LogP contribution in [0.3, 0.4) is 0 Å². The SMILES string of the molecule is OC1CCC(c2nc(-c3ccc(Br)cc3)no2)CC1. The Bertz CT molecular complexity index is 545. The molecule has 0 bridgehead atoms. The third-order valence-electron chi connectivity index (χ3n) is 3.59. The van der Waals surface area contributed by atoms with Crippen molar-refractivity contribution in [1.82, 2.24) is 10.1 Å². The van der Waals surface area contributed by atoms with Gasteiger partial charge in [-0.2, -0.15) is 4.98 Å². The van der Waals surface area contributed by atoms with Crippen molar-refractivity contribution in [3.8, 4) is 11.4 Å². The molecule has 100 valence electrons. The molecule has 1 fully saturated rings. The molecule has 0 saturated heterocycles. The zero-order valence-electron chi connectivity index (χ0n) is 10.4. The molecule has 1 aliphatic carbocycles. The number of rotatable bonds is 2. The monoisotopic (exact) mass is 322 g/mol. The van der Waals surface area contributed by atoms with E-state index in [0.717, 1.165) is 35.7 Å². The molecule has 0 radical (unpaired) electrons. The molecule has 1 aromatic heterocycles. The molecule has 1 aromatic carbocycles.